The van der Waals surface area contributed by atoms with Crippen LogP contribution in [0, 0.1) is 11.8 Å². The molecule has 6 nitrogen and oxygen atoms in total. The lowest BCUT2D eigenvalue weighted by Gasteiger charge is -2.25. The zero-order chi connectivity index (χ0) is 16.2. The van der Waals surface area contributed by atoms with Crippen LogP contribution in [0.25, 0.3) is 0 Å². The highest BCUT2D eigenvalue weighted by molar-refractivity contribution is 7.54. The molecule has 0 saturated heterocycles. The van der Waals surface area contributed by atoms with E-state index in [1.165, 1.54) is 14.2 Å². The fourth-order valence-electron chi connectivity index (χ4n) is 2.17. The molecule has 0 aromatic heterocycles. The Morgan fingerprint density at radius 1 is 1.33 bits per heavy atom. The van der Waals surface area contributed by atoms with Crippen LogP contribution < -0.4 is 0 Å². The summed E-state index contributed by atoms with van der Waals surface area (Å²) in [7, 11) is -1.09. The Bertz CT molecular complexity index is 486. The molecular formula is C14H23O6P. The van der Waals surface area contributed by atoms with Gasteiger partial charge in [-0.2, -0.15) is 0 Å². The average Bonchev–Trinajstić information content (AvgIpc) is 2.43. The molecule has 0 aliphatic heterocycles. The molecule has 1 aliphatic carbocycles. The molecule has 21 heavy (non-hydrogen) atoms. The van der Waals surface area contributed by atoms with Crippen molar-refractivity contribution in [2.45, 2.75) is 33.6 Å². The van der Waals surface area contributed by atoms with E-state index in [4.69, 9.17) is 13.8 Å². The first-order valence-electron chi connectivity index (χ1n) is 6.92. The zero-order valence-electron chi connectivity index (χ0n) is 13.2. The van der Waals surface area contributed by atoms with Crippen molar-refractivity contribution in [3.8, 4) is 0 Å². The van der Waals surface area contributed by atoms with Crippen molar-refractivity contribution >= 4 is 19.3 Å². The topological polar surface area (TPSA) is 78.9 Å². The number of esters is 1. The predicted octanol–water partition coefficient (Wildman–Crippen LogP) is 2.92. The largest absolute Gasteiger partial charge is 0.422 e. The summed E-state index contributed by atoms with van der Waals surface area (Å²) < 4.78 is 26.5. The van der Waals surface area contributed by atoms with E-state index in [1.807, 2.05) is 20.8 Å². The van der Waals surface area contributed by atoms with Gasteiger partial charge in [-0.3, -0.25) is 14.2 Å². The van der Waals surface area contributed by atoms with Crippen molar-refractivity contribution in [2.75, 3.05) is 20.4 Å². The smallest absolute Gasteiger partial charge is 0.341 e. The van der Waals surface area contributed by atoms with Crippen LogP contribution in [0.4, 0.5) is 0 Å². The minimum Gasteiger partial charge on any atom is -0.422 e. The Morgan fingerprint density at radius 2 is 1.90 bits per heavy atom. The van der Waals surface area contributed by atoms with Gasteiger partial charge in [0.1, 0.15) is 6.16 Å². The van der Waals surface area contributed by atoms with E-state index in [0.29, 0.717) is 0 Å². The third-order valence-electron chi connectivity index (χ3n) is 3.60. The van der Waals surface area contributed by atoms with E-state index in [2.05, 4.69) is 0 Å². The standard InChI is InChI=1S/C14H23O6P/c1-9(2)11-7-6-10(3)13(16)14(11)20-12(15)8-21(17,18-4)19-5/h9-10H,6-8H2,1-5H3. The van der Waals surface area contributed by atoms with E-state index >= 15 is 0 Å². The molecule has 0 radical (unpaired) electrons. The van der Waals surface area contributed by atoms with Crippen molar-refractivity contribution in [3.05, 3.63) is 11.3 Å². The van der Waals surface area contributed by atoms with Gasteiger partial charge in [0, 0.05) is 20.1 Å². The molecule has 0 aromatic rings. The van der Waals surface area contributed by atoms with Crippen molar-refractivity contribution in [3.63, 3.8) is 0 Å². The Morgan fingerprint density at radius 3 is 2.38 bits per heavy atom. The molecule has 0 heterocycles. The van der Waals surface area contributed by atoms with Gasteiger partial charge >= 0.3 is 13.6 Å². The van der Waals surface area contributed by atoms with Crippen LogP contribution in [0.3, 0.4) is 0 Å². The normalized spacial score (nSPS) is 20.1. The Balaban J connectivity index is 2.94. The van der Waals surface area contributed by atoms with E-state index in [0.717, 1.165) is 18.4 Å². The van der Waals surface area contributed by atoms with E-state index in [-0.39, 0.29) is 23.4 Å². The molecule has 1 aliphatic rings. The van der Waals surface area contributed by atoms with E-state index in [1.54, 1.807) is 0 Å². The quantitative estimate of drug-likeness (QED) is 0.553. The predicted molar refractivity (Wildman–Crippen MR) is 77.9 cm³/mol. The average molecular weight is 318 g/mol. The van der Waals surface area contributed by atoms with Gasteiger partial charge in [0.25, 0.3) is 0 Å². The molecule has 0 aromatic carbocycles. The minimum atomic E-state index is -3.49. The number of carbonyl (C=O) groups excluding carboxylic acids is 2. The number of carbonyl (C=O) groups is 2. The van der Waals surface area contributed by atoms with Gasteiger partial charge in [-0.15, -0.1) is 0 Å². The molecule has 0 N–H and O–H groups in total. The second kappa shape index (κ2) is 7.34. The monoisotopic (exact) mass is 318 g/mol. The van der Waals surface area contributed by atoms with Crippen molar-refractivity contribution in [2.24, 2.45) is 11.8 Å². The number of allylic oxidation sites excluding steroid dienone is 2. The minimum absolute atomic E-state index is 0.104. The van der Waals surface area contributed by atoms with Crippen LogP contribution in [0.15, 0.2) is 11.3 Å². The number of ether oxygens (including phenoxy) is 1. The molecule has 0 bridgehead atoms. The number of rotatable bonds is 6. The fraction of sp³-hybridized carbons (Fsp3) is 0.714. The van der Waals surface area contributed by atoms with Gasteiger partial charge in [-0.05, 0) is 24.3 Å². The summed E-state index contributed by atoms with van der Waals surface area (Å²) in [5, 5.41) is 0. The molecule has 7 heteroatoms. The lowest BCUT2D eigenvalue weighted by Crippen LogP contribution is -2.26. The van der Waals surface area contributed by atoms with Gasteiger partial charge in [0.15, 0.2) is 5.76 Å². The second-order valence-corrected chi connectivity index (χ2v) is 7.69. The Kier molecular flexibility index (Phi) is 6.32. The van der Waals surface area contributed by atoms with Crippen LogP contribution in [-0.4, -0.2) is 32.1 Å². The first kappa shape index (κ1) is 18.1. The molecular weight excluding hydrogens is 295 g/mol. The molecule has 0 spiro atoms. The Labute approximate surface area is 125 Å². The second-order valence-electron chi connectivity index (χ2n) is 5.42. The summed E-state index contributed by atoms with van der Waals surface area (Å²) in [4.78, 5) is 24.1. The molecule has 1 atom stereocenters. The summed E-state index contributed by atoms with van der Waals surface area (Å²) in [5.74, 6) is -0.916. The molecule has 1 unspecified atom stereocenters. The van der Waals surface area contributed by atoms with Crippen LogP contribution in [0.2, 0.25) is 0 Å². The number of hydrogen-bond donors (Lipinski definition) is 0. The third kappa shape index (κ3) is 4.50. The molecule has 1 rings (SSSR count). The molecule has 0 fully saturated rings. The maximum absolute atomic E-state index is 12.2. The zero-order valence-corrected chi connectivity index (χ0v) is 14.1. The SMILES string of the molecule is COP(=O)(CC(=O)OC1=C(C(C)C)CCC(C)C1=O)OC. The maximum atomic E-state index is 12.2. The lowest BCUT2D eigenvalue weighted by atomic mass is 9.84. The van der Waals surface area contributed by atoms with Crippen molar-refractivity contribution in [1.29, 1.82) is 0 Å². The van der Waals surface area contributed by atoms with Gasteiger partial charge in [0.05, 0.1) is 0 Å². The highest BCUT2D eigenvalue weighted by Gasteiger charge is 2.33. The number of ketones is 1. The van der Waals surface area contributed by atoms with Gasteiger partial charge in [0.2, 0.25) is 5.78 Å². The van der Waals surface area contributed by atoms with Crippen molar-refractivity contribution in [1.82, 2.24) is 0 Å². The van der Waals surface area contributed by atoms with Crippen LogP contribution in [0.1, 0.15) is 33.6 Å². The summed E-state index contributed by atoms with van der Waals surface area (Å²) in [6.07, 6.45) is 0.956. The molecule has 120 valence electrons. The third-order valence-corrected chi connectivity index (χ3v) is 5.36. The fourth-order valence-corrected chi connectivity index (χ4v) is 2.96. The summed E-state index contributed by atoms with van der Waals surface area (Å²) in [6.45, 7) is 5.70. The first-order chi connectivity index (χ1) is 9.74. The molecule has 0 amide bonds. The van der Waals surface area contributed by atoms with E-state index in [9.17, 15) is 14.2 Å². The summed E-state index contributed by atoms with van der Waals surface area (Å²) >= 11 is 0. The van der Waals surface area contributed by atoms with Gasteiger partial charge < -0.3 is 13.8 Å². The highest BCUT2D eigenvalue weighted by atomic mass is 31.2. The molecule has 0 saturated carbocycles. The van der Waals surface area contributed by atoms with E-state index < -0.39 is 19.7 Å². The maximum Gasteiger partial charge on any atom is 0.341 e. The van der Waals surface area contributed by atoms with Crippen molar-refractivity contribution < 1.29 is 27.9 Å². The Hall–Kier alpha value is -0.970. The van der Waals surface area contributed by atoms with Crippen LogP contribution >= 0.6 is 7.60 Å². The number of hydrogen-bond acceptors (Lipinski definition) is 6. The highest BCUT2D eigenvalue weighted by Crippen LogP contribution is 2.46. The summed E-state index contributed by atoms with van der Waals surface area (Å²) in [6, 6.07) is 0. The van der Waals surface area contributed by atoms with Gasteiger partial charge in [-0.1, -0.05) is 20.8 Å². The summed E-state index contributed by atoms with van der Waals surface area (Å²) in [5.41, 5.74) is 0.830. The van der Waals surface area contributed by atoms with Gasteiger partial charge in [-0.25, -0.2) is 0 Å². The lowest BCUT2D eigenvalue weighted by molar-refractivity contribution is -0.141. The van der Waals surface area contributed by atoms with Crippen LogP contribution in [0.5, 0.6) is 0 Å². The van der Waals surface area contributed by atoms with Crippen LogP contribution in [-0.2, 0) is 27.9 Å². The number of Topliss-reactive ketones (excluding diaryl/α,β-unsaturated/α-hetero) is 1. The first-order valence-corrected chi connectivity index (χ1v) is 8.65.